The Morgan fingerprint density at radius 3 is 2.08 bits per heavy atom. The van der Waals surface area contributed by atoms with E-state index in [0.29, 0.717) is 5.30 Å². The molecule has 72 valence electrons. The van der Waals surface area contributed by atoms with Crippen molar-refractivity contribution in [2.75, 3.05) is 0 Å². The van der Waals surface area contributed by atoms with E-state index in [-0.39, 0.29) is 5.02 Å². The summed E-state index contributed by atoms with van der Waals surface area (Å²) in [6.45, 7) is 0. The molecule has 0 aliphatic rings. The van der Waals surface area contributed by atoms with E-state index in [2.05, 4.69) is 9.24 Å². The Hall–Kier alpha value is 0.0200. The first-order chi connectivity index (χ1) is 5.84. The van der Waals surface area contributed by atoms with Gasteiger partial charge in [0.2, 0.25) is 0 Å². The van der Waals surface area contributed by atoms with Crippen molar-refractivity contribution < 1.29 is 13.2 Å². The van der Waals surface area contributed by atoms with Gasteiger partial charge in [0.1, 0.15) is 0 Å². The van der Waals surface area contributed by atoms with Crippen LogP contribution in [0.1, 0.15) is 5.56 Å². The molecule has 6 heteroatoms. The molecule has 1 aromatic carbocycles. The largest absolute Gasteiger partial charge is 0.417 e. The summed E-state index contributed by atoms with van der Waals surface area (Å²) in [5.74, 6) is 0. The minimum absolute atomic E-state index is 0.0820. The summed E-state index contributed by atoms with van der Waals surface area (Å²) in [7, 11) is 2.20. The first-order valence-electron chi connectivity index (χ1n) is 3.14. The fourth-order valence-corrected chi connectivity index (χ4v) is 1.56. The molecule has 1 atom stereocenters. The van der Waals surface area contributed by atoms with Crippen LogP contribution in [0.4, 0.5) is 13.2 Å². The minimum atomic E-state index is -4.46. The molecule has 13 heavy (non-hydrogen) atoms. The maximum Gasteiger partial charge on any atom is 0.417 e. The second-order valence-electron chi connectivity index (χ2n) is 2.33. The number of halogens is 5. The van der Waals surface area contributed by atoms with Crippen molar-refractivity contribution in [1.29, 1.82) is 0 Å². The van der Waals surface area contributed by atoms with Crippen LogP contribution in [0, 0.1) is 0 Å². The molecule has 0 saturated carbocycles. The lowest BCUT2D eigenvalue weighted by atomic mass is 10.2. The minimum Gasteiger partial charge on any atom is -0.166 e. The monoisotopic (exact) mass is 246 g/mol. The average molecular weight is 247 g/mol. The van der Waals surface area contributed by atoms with Crippen LogP contribution >= 0.6 is 32.4 Å². The maximum atomic E-state index is 12.2. The molecular weight excluding hydrogens is 243 g/mol. The van der Waals surface area contributed by atoms with Gasteiger partial charge in [0.05, 0.1) is 15.6 Å². The van der Waals surface area contributed by atoms with E-state index in [1.54, 1.807) is 0 Å². The van der Waals surface area contributed by atoms with Crippen molar-refractivity contribution in [3.8, 4) is 0 Å². The first kappa shape index (κ1) is 11.1. The highest BCUT2D eigenvalue weighted by Crippen LogP contribution is 2.37. The summed E-state index contributed by atoms with van der Waals surface area (Å²) >= 11 is 11.0. The van der Waals surface area contributed by atoms with E-state index < -0.39 is 16.8 Å². The summed E-state index contributed by atoms with van der Waals surface area (Å²) in [5, 5.41) is -0.0946. The molecule has 0 aliphatic heterocycles. The van der Waals surface area contributed by atoms with Crippen molar-refractivity contribution in [3.05, 3.63) is 27.7 Å². The molecule has 1 rings (SSSR count). The van der Waals surface area contributed by atoms with Crippen molar-refractivity contribution in [3.63, 3.8) is 0 Å². The molecule has 0 N–H and O–H groups in total. The second-order valence-corrected chi connectivity index (χ2v) is 3.71. The Labute approximate surface area is 85.2 Å². The van der Waals surface area contributed by atoms with E-state index in [1.165, 1.54) is 6.07 Å². The number of benzene rings is 1. The highest BCUT2D eigenvalue weighted by Gasteiger charge is 2.34. The van der Waals surface area contributed by atoms with Crippen LogP contribution in [-0.2, 0) is 6.18 Å². The molecule has 0 amide bonds. The van der Waals surface area contributed by atoms with E-state index in [1.807, 2.05) is 0 Å². The van der Waals surface area contributed by atoms with Gasteiger partial charge in [0.15, 0.2) is 0 Å². The Kier molecular flexibility index (Phi) is 3.11. The SMILES string of the molecule is FC(F)(F)c1ccc(P)c(Cl)c1Cl. The highest BCUT2D eigenvalue weighted by molar-refractivity contribution is 7.28. The van der Waals surface area contributed by atoms with E-state index in [9.17, 15) is 13.2 Å². The summed E-state index contributed by atoms with van der Waals surface area (Å²) in [6.07, 6.45) is -4.46. The fraction of sp³-hybridized carbons (Fsp3) is 0.143. The molecule has 1 unspecified atom stereocenters. The van der Waals surface area contributed by atoms with E-state index >= 15 is 0 Å². The van der Waals surface area contributed by atoms with Crippen LogP contribution in [0.5, 0.6) is 0 Å². The zero-order chi connectivity index (χ0) is 10.2. The number of hydrogen-bond acceptors (Lipinski definition) is 0. The molecule has 0 aliphatic carbocycles. The van der Waals surface area contributed by atoms with Gasteiger partial charge >= 0.3 is 6.18 Å². The van der Waals surface area contributed by atoms with Gasteiger partial charge in [-0.15, -0.1) is 9.24 Å². The standard InChI is InChI=1S/C7H4Cl2F3P/c8-5-3(7(10,11)12)1-2-4(13)6(5)9/h1-2H,13H2. The second kappa shape index (κ2) is 3.64. The van der Waals surface area contributed by atoms with Crippen molar-refractivity contribution in [2.24, 2.45) is 0 Å². The van der Waals surface area contributed by atoms with Gasteiger partial charge in [-0.25, -0.2) is 0 Å². The molecule has 1 aromatic rings. The number of alkyl halides is 3. The Balaban J connectivity index is 3.35. The Morgan fingerprint density at radius 1 is 1.08 bits per heavy atom. The van der Waals surface area contributed by atoms with Crippen LogP contribution in [0.25, 0.3) is 0 Å². The molecule has 0 heterocycles. The quantitative estimate of drug-likeness (QED) is 0.615. The topological polar surface area (TPSA) is 0 Å². The summed E-state index contributed by atoms with van der Waals surface area (Å²) in [4.78, 5) is 0. The molecule has 0 spiro atoms. The molecule has 0 radical (unpaired) electrons. The van der Waals surface area contributed by atoms with Gasteiger partial charge in [-0.05, 0) is 11.4 Å². The lowest BCUT2D eigenvalue weighted by Crippen LogP contribution is -2.08. The Morgan fingerprint density at radius 2 is 1.62 bits per heavy atom. The molecule has 0 saturated heterocycles. The van der Waals surface area contributed by atoms with Gasteiger partial charge in [0.25, 0.3) is 0 Å². The molecule has 0 bridgehead atoms. The van der Waals surface area contributed by atoms with Gasteiger partial charge in [-0.1, -0.05) is 29.3 Å². The van der Waals surface area contributed by atoms with Crippen LogP contribution < -0.4 is 5.30 Å². The van der Waals surface area contributed by atoms with E-state index in [0.717, 1.165) is 6.07 Å². The molecular formula is C7H4Cl2F3P. The van der Waals surface area contributed by atoms with Crippen LogP contribution in [0.2, 0.25) is 10.0 Å². The molecule has 0 aromatic heterocycles. The highest BCUT2D eigenvalue weighted by atomic mass is 35.5. The van der Waals surface area contributed by atoms with Crippen molar-refractivity contribution >= 4 is 37.7 Å². The van der Waals surface area contributed by atoms with Crippen LogP contribution in [0.3, 0.4) is 0 Å². The first-order valence-corrected chi connectivity index (χ1v) is 4.48. The van der Waals surface area contributed by atoms with Gasteiger partial charge < -0.3 is 0 Å². The van der Waals surface area contributed by atoms with Gasteiger partial charge in [0, 0.05) is 0 Å². The third-order valence-electron chi connectivity index (χ3n) is 1.42. The third-order valence-corrected chi connectivity index (χ3v) is 2.98. The van der Waals surface area contributed by atoms with Crippen molar-refractivity contribution in [2.45, 2.75) is 6.18 Å². The van der Waals surface area contributed by atoms with E-state index in [4.69, 9.17) is 23.2 Å². The third kappa shape index (κ3) is 2.28. The van der Waals surface area contributed by atoms with Crippen LogP contribution in [-0.4, -0.2) is 0 Å². The summed E-state index contributed by atoms with van der Waals surface area (Å²) < 4.78 is 36.6. The number of rotatable bonds is 0. The number of hydrogen-bond donors (Lipinski definition) is 0. The fourth-order valence-electron chi connectivity index (χ4n) is 0.783. The molecule has 0 nitrogen and oxygen atoms in total. The maximum absolute atomic E-state index is 12.2. The normalized spacial score (nSPS) is 11.8. The summed E-state index contributed by atoms with van der Waals surface area (Å²) in [5.41, 5.74) is -0.912. The lowest BCUT2D eigenvalue weighted by Gasteiger charge is -2.10. The lowest BCUT2D eigenvalue weighted by molar-refractivity contribution is -0.137. The Bertz CT molecular complexity index is 335. The zero-order valence-electron chi connectivity index (χ0n) is 6.12. The predicted octanol–water partition coefficient (Wildman–Crippen LogP) is 3.51. The van der Waals surface area contributed by atoms with Crippen LogP contribution in [0.15, 0.2) is 12.1 Å². The van der Waals surface area contributed by atoms with Gasteiger partial charge in [-0.2, -0.15) is 13.2 Å². The van der Waals surface area contributed by atoms with Crippen molar-refractivity contribution in [1.82, 2.24) is 0 Å². The summed E-state index contributed by atoms with van der Waals surface area (Å²) in [6, 6.07) is 2.15. The van der Waals surface area contributed by atoms with Gasteiger partial charge in [-0.3, -0.25) is 0 Å². The smallest absolute Gasteiger partial charge is 0.166 e. The molecule has 0 fully saturated rings. The zero-order valence-corrected chi connectivity index (χ0v) is 8.79. The average Bonchev–Trinajstić information content (AvgIpc) is 1.98. The predicted molar refractivity (Wildman–Crippen MR) is 50.8 cm³/mol.